The molecular weight excluding hydrogens is 233 g/mol. The fourth-order valence-electron chi connectivity index (χ4n) is 2.01. The fraction of sp³-hybridized carbons (Fsp3) is 0.385. The molecule has 0 aromatic heterocycles. The van der Waals surface area contributed by atoms with Gasteiger partial charge in [-0.2, -0.15) is 5.26 Å². The highest BCUT2D eigenvalue weighted by atomic mass is 19.1. The first-order chi connectivity index (χ1) is 8.70. The first-order valence-electron chi connectivity index (χ1n) is 5.92. The Labute approximate surface area is 105 Å². The van der Waals surface area contributed by atoms with Gasteiger partial charge in [0.05, 0.1) is 11.5 Å². The summed E-state index contributed by atoms with van der Waals surface area (Å²) in [6.45, 7) is 1.61. The van der Waals surface area contributed by atoms with Crippen molar-refractivity contribution in [2.75, 3.05) is 18.4 Å². The Bertz CT molecular complexity index is 489. The van der Waals surface area contributed by atoms with Crippen LogP contribution in [-0.4, -0.2) is 19.0 Å². The summed E-state index contributed by atoms with van der Waals surface area (Å²) in [5.74, 6) is -0.720. The monoisotopic (exact) mass is 247 g/mol. The average Bonchev–Trinajstić information content (AvgIpc) is 2.42. The van der Waals surface area contributed by atoms with E-state index in [1.807, 2.05) is 0 Å². The zero-order valence-corrected chi connectivity index (χ0v) is 9.87. The van der Waals surface area contributed by atoms with Crippen LogP contribution in [0.4, 0.5) is 10.1 Å². The molecule has 1 aliphatic heterocycles. The second-order valence-electron chi connectivity index (χ2n) is 4.34. The van der Waals surface area contributed by atoms with Crippen molar-refractivity contribution in [2.45, 2.75) is 12.8 Å². The fourth-order valence-corrected chi connectivity index (χ4v) is 2.01. The van der Waals surface area contributed by atoms with Crippen molar-refractivity contribution in [1.29, 1.82) is 5.26 Å². The number of piperidine rings is 1. The molecule has 0 bridgehead atoms. The maximum atomic E-state index is 13.1. The molecule has 1 aromatic rings. The van der Waals surface area contributed by atoms with E-state index in [2.05, 4.69) is 10.6 Å². The largest absolute Gasteiger partial charge is 0.326 e. The molecule has 18 heavy (non-hydrogen) atoms. The molecule has 1 fully saturated rings. The van der Waals surface area contributed by atoms with Crippen LogP contribution in [0.2, 0.25) is 0 Å². The van der Waals surface area contributed by atoms with Gasteiger partial charge in [0.15, 0.2) is 0 Å². The number of nitrogens with zero attached hydrogens (tertiary/aromatic N) is 1. The smallest absolute Gasteiger partial charge is 0.228 e. The molecule has 1 saturated heterocycles. The second kappa shape index (κ2) is 5.61. The summed E-state index contributed by atoms with van der Waals surface area (Å²) >= 11 is 0. The van der Waals surface area contributed by atoms with Gasteiger partial charge in [-0.05, 0) is 37.6 Å². The number of carbonyl (C=O) groups excluding carboxylic acids is 1. The third kappa shape index (κ3) is 2.84. The van der Waals surface area contributed by atoms with Crippen molar-refractivity contribution >= 4 is 11.6 Å². The molecule has 0 radical (unpaired) electrons. The van der Waals surface area contributed by atoms with Gasteiger partial charge in [-0.15, -0.1) is 0 Å². The van der Waals surface area contributed by atoms with Gasteiger partial charge in [-0.25, -0.2) is 4.39 Å². The molecule has 1 heterocycles. The van der Waals surface area contributed by atoms with Crippen LogP contribution in [0.25, 0.3) is 0 Å². The van der Waals surface area contributed by atoms with Crippen molar-refractivity contribution in [3.05, 3.63) is 29.6 Å². The molecule has 2 rings (SSSR count). The molecule has 1 aliphatic rings. The Hall–Kier alpha value is -1.93. The summed E-state index contributed by atoms with van der Waals surface area (Å²) in [4.78, 5) is 11.9. The number of anilines is 1. The molecule has 4 nitrogen and oxygen atoms in total. The number of amides is 1. The predicted molar refractivity (Wildman–Crippen MR) is 65.3 cm³/mol. The average molecular weight is 247 g/mol. The number of hydrogen-bond acceptors (Lipinski definition) is 3. The maximum absolute atomic E-state index is 13.1. The van der Waals surface area contributed by atoms with Crippen molar-refractivity contribution in [1.82, 2.24) is 5.32 Å². The number of rotatable bonds is 2. The molecule has 94 valence electrons. The topological polar surface area (TPSA) is 64.9 Å². The van der Waals surface area contributed by atoms with Gasteiger partial charge in [0.1, 0.15) is 11.9 Å². The molecule has 1 aromatic carbocycles. The number of nitriles is 1. The Morgan fingerprint density at radius 1 is 1.56 bits per heavy atom. The van der Waals surface area contributed by atoms with E-state index in [1.165, 1.54) is 18.2 Å². The van der Waals surface area contributed by atoms with Gasteiger partial charge in [-0.3, -0.25) is 4.79 Å². The number of hydrogen-bond donors (Lipinski definition) is 2. The van der Waals surface area contributed by atoms with Crippen LogP contribution in [0.1, 0.15) is 18.4 Å². The Morgan fingerprint density at radius 3 is 3.06 bits per heavy atom. The Balaban J connectivity index is 2.05. The van der Waals surface area contributed by atoms with Crippen LogP contribution in [0.5, 0.6) is 0 Å². The minimum absolute atomic E-state index is 0.0606. The van der Waals surface area contributed by atoms with E-state index in [-0.39, 0.29) is 17.4 Å². The van der Waals surface area contributed by atoms with Crippen molar-refractivity contribution < 1.29 is 9.18 Å². The van der Waals surface area contributed by atoms with Gasteiger partial charge in [0.2, 0.25) is 5.91 Å². The minimum Gasteiger partial charge on any atom is -0.326 e. The highest BCUT2D eigenvalue weighted by Gasteiger charge is 2.20. The molecule has 1 atom stereocenters. The van der Waals surface area contributed by atoms with Crippen LogP contribution in [0, 0.1) is 23.1 Å². The number of carbonyl (C=O) groups is 1. The Kier molecular flexibility index (Phi) is 3.90. The molecule has 2 N–H and O–H groups in total. The van der Waals surface area contributed by atoms with Crippen LogP contribution >= 0.6 is 0 Å². The van der Waals surface area contributed by atoms with E-state index in [4.69, 9.17) is 5.26 Å². The van der Waals surface area contributed by atoms with E-state index in [1.54, 1.807) is 6.07 Å². The quantitative estimate of drug-likeness (QED) is 0.835. The zero-order valence-electron chi connectivity index (χ0n) is 9.87. The molecule has 0 spiro atoms. The lowest BCUT2D eigenvalue weighted by Gasteiger charge is -2.21. The normalized spacial score (nSPS) is 19.0. The summed E-state index contributed by atoms with van der Waals surface area (Å²) in [7, 11) is 0. The minimum atomic E-state index is -0.574. The Morgan fingerprint density at radius 2 is 2.39 bits per heavy atom. The van der Waals surface area contributed by atoms with Crippen molar-refractivity contribution in [2.24, 2.45) is 5.92 Å². The number of benzene rings is 1. The van der Waals surface area contributed by atoms with Crippen LogP contribution in [0.3, 0.4) is 0 Å². The highest BCUT2D eigenvalue weighted by molar-refractivity contribution is 5.92. The first-order valence-corrected chi connectivity index (χ1v) is 5.92. The van der Waals surface area contributed by atoms with Gasteiger partial charge in [-0.1, -0.05) is 0 Å². The summed E-state index contributed by atoms with van der Waals surface area (Å²) in [6.07, 6.45) is 1.83. The molecule has 5 heteroatoms. The van der Waals surface area contributed by atoms with Gasteiger partial charge >= 0.3 is 0 Å². The van der Waals surface area contributed by atoms with E-state index in [0.29, 0.717) is 12.2 Å². The predicted octanol–water partition coefficient (Wildman–Crippen LogP) is 1.64. The summed E-state index contributed by atoms with van der Waals surface area (Å²) in [6, 6.07) is 5.75. The molecule has 1 unspecified atom stereocenters. The number of nitrogens with one attached hydrogen (secondary N) is 2. The lowest BCUT2D eigenvalue weighted by atomic mass is 9.99. The van der Waals surface area contributed by atoms with E-state index >= 15 is 0 Å². The van der Waals surface area contributed by atoms with E-state index in [9.17, 15) is 9.18 Å². The van der Waals surface area contributed by atoms with Crippen LogP contribution < -0.4 is 10.6 Å². The standard InChI is InChI=1S/C13H14FN3O/c14-12-4-3-11(6-10(12)7-15)17-13(18)9-2-1-5-16-8-9/h3-4,6,9,16H,1-2,5,8H2,(H,17,18). The van der Waals surface area contributed by atoms with Crippen molar-refractivity contribution in [3.63, 3.8) is 0 Å². The zero-order chi connectivity index (χ0) is 13.0. The van der Waals surface area contributed by atoms with E-state index in [0.717, 1.165) is 19.4 Å². The SMILES string of the molecule is N#Cc1cc(NC(=O)C2CCCNC2)ccc1F. The maximum Gasteiger partial charge on any atom is 0.228 e. The second-order valence-corrected chi connectivity index (χ2v) is 4.34. The lowest BCUT2D eigenvalue weighted by molar-refractivity contribution is -0.120. The summed E-state index contributed by atoms with van der Waals surface area (Å²) in [5.41, 5.74) is 0.401. The molecular formula is C13H14FN3O. The highest BCUT2D eigenvalue weighted by Crippen LogP contribution is 2.17. The lowest BCUT2D eigenvalue weighted by Crippen LogP contribution is -2.37. The van der Waals surface area contributed by atoms with Crippen molar-refractivity contribution in [3.8, 4) is 6.07 Å². The third-order valence-corrected chi connectivity index (χ3v) is 3.02. The molecule has 1 amide bonds. The summed E-state index contributed by atoms with van der Waals surface area (Å²) in [5, 5.41) is 14.6. The van der Waals surface area contributed by atoms with Crippen LogP contribution in [-0.2, 0) is 4.79 Å². The van der Waals surface area contributed by atoms with Gasteiger partial charge in [0, 0.05) is 12.2 Å². The van der Waals surface area contributed by atoms with Crippen LogP contribution in [0.15, 0.2) is 18.2 Å². The molecule has 0 aliphatic carbocycles. The third-order valence-electron chi connectivity index (χ3n) is 3.02. The van der Waals surface area contributed by atoms with Gasteiger partial charge < -0.3 is 10.6 Å². The van der Waals surface area contributed by atoms with Gasteiger partial charge in [0.25, 0.3) is 0 Å². The summed E-state index contributed by atoms with van der Waals surface area (Å²) < 4.78 is 13.1. The molecule has 0 saturated carbocycles. The van der Waals surface area contributed by atoms with E-state index < -0.39 is 5.82 Å². The number of halogens is 1. The first kappa shape index (κ1) is 12.5.